The smallest absolute Gasteiger partial charge is 0.254 e. The van der Waals surface area contributed by atoms with Crippen LogP contribution < -0.4 is 4.90 Å². The first kappa shape index (κ1) is 21.1. The summed E-state index contributed by atoms with van der Waals surface area (Å²) in [4.78, 5) is 17.0. The largest absolute Gasteiger partial charge is 0.368 e. The molecule has 0 aliphatic carbocycles. The van der Waals surface area contributed by atoms with Gasteiger partial charge in [0.2, 0.25) is 0 Å². The SMILES string of the molecule is CS(=O)(=O)c1ccc(/C=C/C#N)c(C(=O)N2CCN(c3ccc(C#N)cc3)CC2)c1. The van der Waals surface area contributed by atoms with Crippen molar-refractivity contribution in [2.45, 2.75) is 4.90 Å². The highest BCUT2D eigenvalue weighted by molar-refractivity contribution is 7.90. The van der Waals surface area contributed by atoms with Crippen molar-refractivity contribution < 1.29 is 13.2 Å². The number of amides is 1. The number of allylic oxidation sites excluding steroid dienone is 1. The number of hydrogen-bond acceptors (Lipinski definition) is 6. The minimum atomic E-state index is -3.47. The van der Waals surface area contributed by atoms with Gasteiger partial charge < -0.3 is 9.80 Å². The number of carbonyl (C=O) groups is 1. The fourth-order valence-corrected chi connectivity index (χ4v) is 3.96. The summed E-state index contributed by atoms with van der Waals surface area (Å²) < 4.78 is 23.9. The fourth-order valence-electron chi connectivity index (χ4n) is 3.31. The van der Waals surface area contributed by atoms with Crippen LogP contribution in [0.3, 0.4) is 0 Å². The number of nitriles is 2. The van der Waals surface area contributed by atoms with E-state index in [1.165, 1.54) is 24.3 Å². The molecule has 7 nitrogen and oxygen atoms in total. The van der Waals surface area contributed by atoms with Crippen molar-refractivity contribution in [2.24, 2.45) is 0 Å². The third kappa shape index (κ3) is 4.68. The molecule has 1 fully saturated rings. The van der Waals surface area contributed by atoms with E-state index in [-0.39, 0.29) is 16.4 Å². The highest BCUT2D eigenvalue weighted by Gasteiger charge is 2.25. The van der Waals surface area contributed by atoms with Crippen LogP contribution in [0.1, 0.15) is 21.5 Å². The van der Waals surface area contributed by atoms with Gasteiger partial charge in [0.1, 0.15) is 0 Å². The Labute approximate surface area is 176 Å². The number of anilines is 1. The molecular weight excluding hydrogens is 400 g/mol. The average molecular weight is 420 g/mol. The van der Waals surface area contributed by atoms with Gasteiger partial charge in [0.25, 0.3) is 5.91 Å². The maximum atomic E-state index is 13.1. The molecule has 0 N–H and O–H groups in total. The van der Waals surface area contributed by atoms with Gasteiger partial charge in [-0.25, -0.2) is 8.42 Å². The van der Waals surface area contributed by atoms with Gasteiger partial charge in [0, 0.05) is 49.8 Å². The summed E-state index contributed by atoms with van der Waals surface area (Å²) in [6, 6.07) is 15.6. The zero-order valence-electron chi connectivity index (χ0n) is 16.4. The molecule has 1 amide bonds. The minimum Gasteiger partial charge on any atom is -0.368 e. The van der Waals surface area contributed by atoms with Crippen LogP contribution in [0.5, 0.6) is 0 Å². The average Bonchev–Trinajstić information content (AvgIpc) is 2.76. The Bertz CT molecular complexity index is 1160. The highest BCUT2D eigenvalue weighted by Crippen LogP contribution is 2.22. The predicted molar refractivity (Wildman–Crippen MR) is 113 cm³/mol. The lowest BCUT2D eigenvalue weighted by molar-refractivity contribution is 0.0746. The van der Waals surface area contributed by atoms with Crippen LogP contribution in [0.15, 0.2) is 53.4 Å². The molecule has 0 saturated carbocycles. The third-order valence-electron chi connectivity index (χ3n) is 4.95. The van der Waals surface area contributed by atoms with E-state index in [9.17, 15) is 13.2 Å². The lowest BCUT2D eigenvalue weighted by Crippen LogP contribution is -2.49. The molecule has 0 radical (unpaired) electrons. The number of carbonyl (C=O) groups excluding carboxylic acids is 1. The van der Waals surface area contributed by atoms with Gasteiger partial charge in [0.05, 0.1) is 22.6 Å². The second-order valence-corrected chi connectivity index (χ2v) is 8.94. The predicted octanol–water partition coefficient (Wildman–Crippen LogP) is 2.46. The van der Waals surface area contributed by atoms with E-state index >= 15 is 0 Å². The molecule has 1 aliphatic rings. The molecule has 1 heterocycles. The number of benzene rings is 2. The topological polar surface area (TPSA) is 105 Å². The molecule has 1 saturated heterocycles. The first-order valence-corrected chi connectivity index (χ1v) is 11.2. The van der Waals surface area contributed by atoms with E-state index in [0.29, 0.717) is 37.3 Å². The summed E-state index contributed by atoms with van der Waals surface area (Å²) in [7, 11) is -3.47. The van der Waals surface area contributed by atoms with E-state index in [1.807, 2.05) is 18.2 Å². The van der Waals surface area contributed by atoms with Crippen LogP contribution in [-0.4, -0.2) is 51.7 Å². The highest BCUT2D eigenvalue weighted by atomic mass is 32.2. The molecule has 2 aromatic rings. The normalized spacial score (nSPS) is 14.4. The molecule has 0 spiro atoms. The quantitative estimate of drug-likeness (QED) is 0.704. The van der Waals surface area contributed by atoms with Gasteiger partial charge in [-0.2, -0.15) is 10.5 Å². The van der Waals surface area contributed by atoms with Crippen LogP contribution in [0.25, 0.3) is 6.08 Å². The summed E-state index contributed by atoms with van der Waals surface area (Å²) in [6.45, 7) is 2.19. The first-order chi connectivity index (χ1) is 14.3. The van der Waals surface area contributed by atoms with Gasteiger partial charge in [0.15, 0.2) is 9.84 Å². The molecule has 0 aromatic heterocycles. The molecule has 0 bridgehead atoms. The van der Waals surface area contributed by atoms with Crippen molar-refractivity contribution >= 4 is 27.5 Å². The zero-order valence-corrected chi connectivity index (χ0v) is 17.3. The first-order valence-electron chi connectivity index (χ1n) is 9.28. The Balaban J connectivity index is 1.80. The van der Waals surface area contributed by atoms with Crippen LogP contribution in [0.4, 0.5) is 5.69 Å². The number of nitrogens with zero attached hydrogens (tertiary/aromatic N) is 4. The number of sulfone groups is 1. The lowest BCUT2D eigenvalue weighted by atomic mass is 10.0. The maximum absolute atomic E-state index is 13.1. The van der Waals surface area contributed by atoms with Crippen LogP contribution in [0.2, 0.25) is 0 Å². The Kier molecular flexibility index (Phi) is 6.20. The summed E-state index contributed by atoms with van der Waals surface area (Å²) in [5, 5.41) is 17.7. The summed E-state index contributed by atoms with van der Waals surface area (Å²) in [5.41, 5.74) is 2.34. The molecule has 1 aliphatic heterocycles. The molecule has 2 aromatic carbocycles. The fraction of sp³-hybridized carbons (Fsp3) is 0.227. The molecule has 3 rings (SSSR count). The van der Waals surface area contributed by atoms with Crippen molar-refractivity contribution in [3.63, 3.8) is 0 Å². The van der Waals surface area contributed by atoms with Crippen molar-refractivity contribution in [3.8, 4) is 12.1 Å². The lowest BCUT2D eigenvalue weighted by Gasteiger charge is -2.36. The van der Waals surface area contributed by atoms with Gasteiger partial charge in [-0.15, -0.1) is 0 Å². The van der Waals surface area contributed by atoms with E-state index < -0.39 is 9.84 Å². The summed E-state index contributed by atoms with van der Waals surface area (Å²) in [5.74, 6) is -0.266. The minimum absolute atomic E-state index is 0.0659. The van der Waals surface area contributed by atoms with Crippen molar-refractivity contribution in [2.75, 3.05) is 37.3 Å². The maximum Gasteiger partial charge on any atom is 0.254 e. The number of rotatable bonds is 4. The Morgan fingerprint density at radius 3 is 2.27 bits per heavy atom. The van der Waals surface area contributed by atoms with Crippen LogP contribution in [0, 0.1) is 22.7 Å². The summed E-state index contributed by atoms with van der Waals surface area (Å²) >= 11 is 0. The monoisotopic (exact) mass is 420 g/mol. The van der Waals surface area contributed by atoms with Crippen molar-refractivity contribution in [1.82, 2.24) is 4.90 Å². The second kappa shape index (κ2) is 8.81. The van der Waals surface area contributed by atoms with Gasteiger partial charge in [-0.05, 0) is 48.0 Å². The van der Waals surface area contributed by atoms with E-state index in [0.717, 1.165) is 11.9 Å². The Morgan fingerprint density at radius 2 is 1.70 bits per heavy atom. The molecule has 8 heteroatoms. The molecule has 152 valence electrons. The molecule has 0 atom stereocenters. The number of hydrogen-bond donors (Lipinski definition) is 0. The van der Waals surface area contributed by atoms with Crippen molar-refractivity contribution in [3.05, 3.63) is 65.2 Å². The zero-order chi connectivity index (χ0) is 21.7. The second-order valence-electron chi connectivity index (χ2n) is 6.92. The Hall–Kier alpha value is -3.62. The van der Waals surface area contributed by atoms with Gasteiger partial charge in [-0.1, -0.05) is 6.07 Å². The molecule has 0 unspecified atom stereocenters. The van der Waals surface area contributed by atoms with Gasteiger partial charge >= 0.3 is 0 Å². The van der Waals surface area contributed by atoms with Gasteiger partial charge in [-0.3, -0.25) is 4.79 Å². The number of piperazine rings is 1. The van der Waals surface area contributed by atoms with E-state index in [4.69, 9.17) is 10.5 Å². The Morgan fingerprint density at radius 1 is 1.03 bits per heavy atom. The van der Waals surface area contributed by atoms with E-state index in [2.05, 4.69) is 11.0 Å². The standard InChI is InChI=1S/C22H20N4O3S/c1-30(28,29)20-9-6-18(3-2-10-23)21(15-20)22(27)26-13-11-25(12-14-26)19-7-4-17(16-24)5-8-19/h2-9,15H,11-14H2,1H3/b3-2+. The van der Waals surface area contributed by atoms with Crippen LogP contribution in [-0.2, 0) is 9.84 Å². The summed E-state index contributed by atoms with van der Waals surface area (Å²) in [6.07, 6.45) is 3.86. The van der Waals surface area contributed by atoms with Crippen molar-refractivity contribution in [1.29, 1.82) is 10.5 Å². The van der Waals surface area contributed by atoms with E-state index in [1.54, 1.807) is 23.1 Å². The van der Waals surface area contributed by atoms with Crippen LogP contribution >= 0.6 is 0 Å². The molecular formula is C22H20N4O3S. The third-order valence-corrected chi connectivity index (χ3v) is 6.06. The molecule has 30 heavy (non-hydrogen) atoms.